The Morgan fingerprint density at radius 1 is 1.37 bits per heavy atom. The Morgan fingerprint density at radius 3 is 2.79 bits per heavy atom. The van der Waals surface area contributed by atoms with Crippen LogP contribution in [0.4, 0.5) is 8.78 Å². The summed E-state index contributed by atoms with van der Waals surface area (Å²) in [7, 11) is 0. The van der Waals surface area contributed by atoms with Crippen LogP contribution in [0, 0.1) is 11.6 Å². The molecule has 2 rings (SSSR count). The quantitative estimate of drug-likeness (QED) is 0.891. The number of amides is 1. The van der Waals surface area contributed by atoms with Crippen molar-refractivity contribution in [2.75, 3.05) is 13.1 Å². The van der Waals surface area contributed by atoms with Gasteiger partial charge in [0.25, 0.3) is 0 Å². The van der Waals surface area contributed by atoms with Crippen LogP contribution in [0.2, 0.25) is 0 Å². The van der Waals surface area contributed by atoms with E-state index in [1.165, 1.54) is 6.07 Å². The number of carbonyl (C=O) groups excluding carboxylic acids is 1. The molecule has 1 fully saturated rings. The maximum atomic E-state index is 13.0. The van der Waals surface area contributed by atoms with Crippen molar-refractivity contribution in [3.63, 3.8) is 0 Å². The second-order valence-electron chi connectivity index (χ2n) is 4.54. The number of hydrogen-bond donors (Lipinski definition) is 2. The molecule has 0 saturated carbocycles. The summed E-state index contributed by atoms with van der Waals surface area (Å²) in [6.45, 7) is 1.75. The summed E-state index contributed by atoms with van der Waals surface area (Å²) in [4.78, 5) is 11.7. The second-order valence-corrected chi connectivity index (χ2v) is 4.54. The number of halogens is 3. The molecule has 1 amide bonds. The van der Waals surface area contributed by atoms with Gasteiger partial charge in [-0.3, -0.25) is 4.79 Å². The summed E-state index contributed by atoms with van der Waals surface area (Å²) in [6.07, 6.45) is 2.07. The third-order valence-corrected chi connectivity index (χ3v) is 3.01. The van der Waals surface area contributed by atoms with Crippen LogP contribution in [0.15, 0.2) is 18.2 Å². The van der Waals surface area contributed by atoms with E-state index in [1.807, 2.05) is 0 Å². The first kappa shape index (κ1) is 15.9. The van der Waals surface area contributed by atoms with Gasteiger partial charge in [-0.05, 0) is 37.1 Å². The number of nitrogens with one attached hydrogen (secondary N) is 2. The van der Waals surface area contributed by atoms with Gasteiger partial charge < -0.3 is 10.6 Å². The number of hydrogen-bond acceptors (Lipinski definition) is 2. The highest BCUT2D eigenvalue weighted by atomic mass is 35.5. The van der Waals surface area contributed by atoms with E-state index in [9.17, 15) is 13.6 Å². The standard InChI is InChI=1S/C13H16F2N2O.ClH/c14-11-4-3-9(6-12(11)15)7-13(18)17-10-2-1-5-16-8-10;/h3-4,6,10,16H,1-2,5,7-8H2,(H,17,18);1H/t10-;/m0./s1. The Balaban J connectivity index is 0.00000180. The summed E-state index contributed by atoms with van der Waals surface area (Å²) >= 11 is 0. The molecular weight excluding hydrogens is 274 g/mol. The smallest absolute Gasteiger partial charge is 0.224 e. The van der Waals surface area contributed by atoms with Crippen molar-refractivity contribution in [3.05, 3.63) is 35.4 Å². The molecule has 6 heteroatoms. The minimum Gasteiger partial charge on any atom is -0.352 e. The number of benzene rings is 1. The van der Waals surface area contributed by atoms with Gasteiger partial charge in [-0.25, -0.2) is 8.78 Å². The van der Waals surface area contributed by atoms with Crippen LogP contribution in [0.25, 0.3) is 0 Å². The van der Waals surface area contributed by atoms with E-state index in [0.717, 1.165) is 38.1 Å². The summed E-state index contributed by atoms with van der Waals surface area (Å²) < 4.78 is 25.7. The highest BCUT2D eigenvalue weighted by Gasteiger charge is 2.15. The molecular formula is C13H17ClF2N2O. The van der Waals surface area contributed by atoms with E-state index in [4.69, 9.17) is 0 Å². The van der Waals surface area contributed by atoms with Crippen molar-refractivity contribution in [1.29, 1.82) is 0 Å². The minimum absolute atomic E-state index is 0. The molecule has 1 aliphatic rings. The molecule has 0 radical (unpaired) electrons. The van der Waals surface area contributed by atoms with Gasteiger partial charge in [0.2, 0.25) is 5.91 Å². The van der Waals surface area contributed by atoms with Gasteiger partial charge in [0, 0.05) is 12.6 Å². The molecule has 3 nitrogen and oxygen atoms in total. The largest absolute Gasteiger partial charge is 0.352 e. The zero-order chi connectivity index (χ0) is 13.0. The summed E-state index contributed by atoms with van der Waals surface area (Å²) in [5.74, 6) is -1.97. The van der Waals surface area contributed by atoms with Crippen molar-refractivity contribution in [1.82, 2.24) is 10.6 Å². The first-order valence-corrected chi connectivity index (χ1v) is 6.09. The van der Waals surface area contributed by atoms with Gasteiger partial charge in [-0.2, -0.15) is 0 Å². The van der Waals surface area contributed by atoms with Gasteiger partial charge in [-0.15, -0.1) is 12.4 Å². The molecule has 1 atom stereocenters. The lowest BCUT2D eigenvalue weighted by Gasteiger charge is -2.23. The summed E-state index contributed by atoms with van der Waals surface area (Å²) in [5, 5.41) is 6.08. The lowest BCUT2D eigenvalue weighted by molar-refractivity contribution is -0.121. The summed E-state index contributed by atoms with van der Waals surface area (Å²) in [6, 6.07) is 3.67. The molecule has 106 valence electrons. The average Bonchev–Trinajstić information content (AvgIpc) is 2.35. The molecule has 1 heterocycles. The van der Waals surface area contributed by atoms with Crippen LogP contribution >= 0.6 is 12.4 Å². The average molecular weight is 291 g/mol. The Kier molecular flexibility index (Phi) is 6.18. The predicted octanol–water partition coefficient (Wildman–Crippen LogP) is 1.80. The van der Waals surface area contributed by atoms with Gasteiger partial charge >= 0.3 is 0 Å². The molecule has 1 aromatic carbocycles. The van der Waals surface area contributed by atoms with Crippen LogP contribution < -0.4 is 10.6 Å². The van der Waals surface area contributed by atoms with Gasteiger partial charge in [-0.1, -0.05) is 6.07 Å². The normalized spacial score (nSPS) is 18.5. The Hall–Kier alpha value is -1.20. The van der Waals surface area contributed by atoms with Crippen LogP contribution in [0.1, 0.15) is 18.4 Å². The van der Waals surface area contributed by atoms with E-state index in [-0.39, 0.29) is 30.8 Å². The third-order valence-electron chi connectivity index (χ3n) is 3.01. The molecule has 0 spiro atoms. The van der Waals surface area contributed by atoms with Gasteiger partial charge in [0.1, 0.15) is 0 Å². The SMILES string of the molecule is Cl.O=C(Cc1ccc(F)c(F)c1)N[C@H]1CCCNC1. The third kappa shape index (κ3) is 4.76. The molecule has 0 unspecified atom stereocenters. The van der Waals surface area contributed by atoms with E-state index >= 15 is 0 Å². The van der Waals surface area contributed by atoms with Gasteiger partial charge in [0.05, 0.1) is 6.42 Å². The Bertz CT molecular complexity index is 437. The van der Waals surface area contributed by atoms with Crippen LogP contribution in [-0.2, 0) is 11.2 Å². The van der Waals surface area contributed by atoms with E-state index < -0.39 is 11.6 Å². The van der Waals surface area contributed by atoms with Crippen molar-refractivity contribution >= 4 is 18.3 Å². The van der Waals surface area contributed by atoms with Crippen LogP contribution in [-0.4, -0.2) is 25.0 Å². The van der Waals surface area contributed by atoms with E-state index in [0.29, 0.717) is 5.56 Å². The van der Waals surface area contributed by atoms with Crippen molar-refractivity contribution in [2.24, 2.45) is 0 Å². The zero-order valence-corrected chi connectivity index (χ0v) is 11.2. The van der Waals surface area contributed by atoms with Crippen molar-refractivity contribution in [3.8, 4) is 0 Å². The monoisotopic (exact) mass is 290 g/mol. The maximum absolute atomic E-state index is 13.0. The predicted molar refractivity (Wildman–Crippen MR) is 71.3 cm³/mol. The lowest BCUT2D eigenvalue weighted by atomic mass is 10.1. The zero-order valence-electron chi connectivity index (χ0n) is 10.4. The van der Waals surface area contributed by atoms with Crippen LogP contribution in [0.3, 0.4) is 0 Å². The maximum Gasteiger partial charge on any atom is 0.224 e. The van der Waals surface area contributed by atoms with Crippen molar-refractivity contribution < 1.29 is 13.6 Å². The fourth-order valence-corrected chi connectivity index (χ4v) is 2.09. The molecule has 1 aromatic rings. The minimum atomic E-state index is -0.917. The Labute approximate surface area is 117 Å². The first-order valence-electron chi connectivity index (χ1n) is 6.09. The Morgan fingerprint density at radius 2 is 2.16 bits per heavy atom. The lowest BCUT2D eigenvalue weighted by Crippen LogP contribution is -2.46. The fraction of sp³-hybridized carbons (Fsp3) is 0.462. The number of rotatable bonds is 3. The topological polar surface area (TPSA) is 41.1 Å². The fourth-order valence-electron chi connectivity index (χ4n) is 2.09. The van der Waals surface area contributed by atoms with E-state index in [1.54, 1.807) is 0 Å². The molecule has 2 N–H and O–H groups in total. The van der Waals surface area contributed by atoms with Crippen LogP contribution in [0.5, 0.6) is 0 Å². The highest BCUT2D eigenvalue weighted by molar-refractivity contribution is 5.85. The first-order chi connectivity index (χ1) is 8.65. The van der Waals surface area contributed by atoms with Crippen molar-refractivity contribution in [2.45, 2.75) is 25.3 Å². The molecule has 0 aliphatic carbocycles. The molecule has 1 aliphatic heterocycles. The summed E-state index contributed by atoms with van der Waals surface area (Å²) in [5.41, 5.74) is 0.482. The molecule has 1 saturated heterocycles. The number of piperidine rings is 1. The highest BCUT2D eigenvalue weighted by Crippen LogP contribution is 2.09. The van der Waals surface area contributed by atoms with E-state index in [2.05, 4.69) is 10.6 Å². The molecule has 0 aromatic heterocycles. The number of carbonyl (C=O) groups is 1. The molecule has 0 bridgehead atoms. The second kappa shape index (κ2) is 7.40. The molecule has 19 heavy (non-hydrogen) atoms. The van der Waals surface area contributed by atoms with Gasteiger partial charge in [0.15, 0.2) is 11.6 Å².